The minimum atomic E-state index is 0.0576. The molecule has 6 nitrogen and oxygen atoms in total. The molecule has 1 fully saturated rings. The number of carbonyl (C=O) groups is 1. The quantitative estimate of drug-likeness (QED) is 0.644. The van der Waals surface area contributed by atoms with E-state index >= 15 is 0 Å². The van der Waals surface area contributed by atoms with Gasteiger partial charge in [0.2, 0.25) is 0 Å². The molecule has 4 rings (SSSR count). The largest absolute Gasteiger partial charge is 0.486 e. The van der Waals surface area contributed by atoms with Gasteiger partial charge in [0.05, 0.1) is 5.69 Å². The summed E-state index contributed by atoms with van der Waals surface area (Å²) in [4.78, 5) is 26.8. The van der Waals surface area contributed by atoms with E-state index < -0.39 is 0 Å². The summed E-state index contributed by atoms with van der Waals surface area (Å²) in [7, 11) is 0. The molecular weight excluding hydrogens is 384 g/mol. The van der Waals surface area contributed by atoms with Crippen molar-refractivity contribution in [1.29, 1.82) is 0 Å². The molecule has 1 aliphatic heterocycles. The lowest BCUT2D eigenvalue weighted by Crippen LogP contribution is -2.49. The van der Waals surface area contributed by atoms with E-state index in [4.69, 9.17) is 4.74 Å². The fourth-order valence-electron chi connectivity index (χ4n) is 3.32. The van der Waals surface area contributed by atoms with Gasteiger partial charge in [-0.05, 0) is 38.1 Å². The van der Waals surface area contributed by atoms with Crippen molar-refractivity contribution in [1.82, 2.24) is 14.9 Å². The summed E-state index contributed by atoms with van der Waals surface area (Å²) in [6.45, 7) is 7.23. The van der Waals surface area contributed by atoms with Crippen LogP contribution in [0.2, 0.25) is 0 Å². The van der Waals surface area contributed by atoms with E-state index in [-0.39, 0.29) is 5.91 Å². The highest BCUT2D eigenvalue weighted by atomic mass is 32.1. The van der Waals surface area contributed by atoms with Crippen LogP contribution in [-0.4, -0.2) is 47.0 Å². The fraction of sp³-hybridized carbons (Fsp3) is 0.318. The standard InChI is InChI=1S/C22H24N4O2S/c1-16-6-8-18(9-7-16)28-15-20-24-17(2)21(29-20)22(27)26-13-11-25(12-14-26)19-5-3-4-10-23-19/h3-10H,11-15H2,1-2H3. The molecule has 1 saturated heterocycles. The second-order valence-electron chi connectivity index (χ2n) is 7.09. The molecule has 0 bridgehead atoms. The van der Waals surface area contributed by atoms with Gasteiger partial charge in [-0.1, -0.05) is 23.8 Å². The van der Waals surface area contributed by atoms with Crippen molar-refractivity contribution in [2.75, 3.05) is 31.1 Å². The number of amides is 1. The summed E-state index contributed by atoms with van der Waals surface area (Å²) in [5.41, 5.74) is 1.97. The van der Waals surface area contributed by atoms with E-state index in [9.17, 15) is 4.79 Å². The highest BCUT2D eigenvalue weighted by Gasteiger charge is 2.26. The first-order valence-corrected chi connectivity index (χ1v) is 10.5. The van der Waals surface area contributed by atoms with Crippen molar-refractivity contribution in [2.45, 2.75) is 20.5 Å². The summed E-state index contributed by atoms with van der Waals surface area (Å²) < 4.78 is 5.81. The SMILES string of the molecule is Cc1ccc(OCc2nc(C)c(C(=O)N3CCN(c4ccccn4)CC3)s2)cc1. The van der Waals surface area contributed by atoms with Crippen molar-refractivity contribution in [3.8, 4) is 5.75 Å². The topological polar surface area (TPSA) is 58.6 Å². The number of nitrogens with zero attached hydrogens (tertiary/aromatic N) is 4. The van der Waals surface area contributed by atoms with Gasteiger partial charge in [0.25, 0.3) is 5.91 Å². The maximum Gasteiger partial charge on any atom is 0.265 e. The molecule has 7 heteroatoms. The number of piperazine rings is 1. The van der Waals surface area contributed by atoms with E-state index in [2.05, 4.69) is 14.9 Å². The number of hydrogen-bond donors (Lipinski definition) is 0. The van der Waals surface area contributed by atoms with Crippen LogP contribution >= 0.6 is 11.3 Å². The van der Waals surface area contributed by atoms with Crippen molar-refractivity contribution in [3.63, 3.8) is 0 Å². The molecule has 2 aromatic heterocycles. The van der Waals surface area contributed by atoms with Crippen LogP contribution in [0, 0.1) is 13.8 Å². The minimum absolute atomic E-state index is 0.0576. The van der Waals surface area contributed by atoms with Gasteiger partial charge in [0.1, 0.15) is 28.1 Å². The molecule has 0 spiro atoms. The van der Waals surface area contributed by atoms with Gasteiger partial charge in [0, 0.05) is 32.4 Å². The van der Waals surface area contributed by atoms with Gasteiger partial charge in [-0.3, -0.25) is 4.79 Å². The van der Waals surface area contributed by atoms with Crippen molar-refractivity contribution < 1.29 is 9.53 Å². The number of ether oxygens (including phenoxy) is 1. The summed E-state index contributed by atoms with van der Waals surface area (Å²) in [6, 6.07) is 13.8. The molecular formula is C22H24N4O2S. The Balaban J connectivity index is 1.36. The molecule has 3 heterocycles. The first-order valence-electron chi connectivity index (χ1n) is 9.71. The maximum absolute atomic E-state index is 13.0. The fourth-order valence-corrected chi connectivity index (χ4v) is 4.26. The molecule has 0 unspecified atom stereocenters. The normalized spacial score (nSPS) is 14.1. The highest BCUT2D eigenvalue weighted by molar-refractivity contribution is 7.13. The summed E-state index contributed by atoms with van der Waals surface area (Å²) in [5, 5.41) is 0.818. The van der Waals surface area contributed by atoms with E-state index in [1.54, 1.807) is 6.20 Å². The zero-order chi connectivity index (χ0) is 20.2. The van der Waals surface area contributed by atoms with Crippen LogP contribution in [0.4, 0.5) is 5.82 Å². The van der Waals surface area contributed by atoms with E-state index in [0.29, 0.717) is 24.6 Å². The third-order valence-corrected chi connectivity index (χ3v) is 6.08. The molecule has 150 valence electrons. The lowest BCUT2D eigenvalue weighted by Gasteiger charge is -2.35. The number of benzene rings is 1. The summed E-state index contributed by atoms with van der Waals surface area (Å²) in [6.07, 6.45) is 1.80. The Morgan fingerprint density at radius 3 is 2.52 bits per heavy atom. The number of aryl methyl sites for hydroxylation is 2. The zero-order valence-corrected chi connectivity index (χ0v) is 17.5. The Morgan fingerprint density at radius 2 is 1.83 bits per heavy atom. The molecule has 3 aromatic rings. The smallest absolute Gasteiger partial charge is 0.265 e. The van der Waals surface area contributed by atoms with Crippen molar-refractivity contribution >= 4 is 23.1 Å². The van der Waals surface area contributed by atoms with Crippen LogP contribution in [0.3, 0.4) is 0 Å². The van der Waals surface area contributed by atoms with Crippen LogP contribution in [-0.2, 0) is 6.61 Å². The number of rotatable bonds is 5. The van der Waals surface area contributed by atoms with Crippen LogP contribution < -0.4 is 9.64 Å². The molecule has 1 aliphatic rings. The Kier molecular flexibility index (Phi) is 5.76. The summed E-state index contributed by atoms with van der Waals surface area (Å²) >= 11 is 1.43. The van der Waals surface area contributed by atoms with Crippen LogP contribution in [0.1, 0.15) is 25.9 Å². The van der Waals surface area contributed by atoms with Gasteiger partial charge < -0.3 is 14.5 Å². The molecule has 1 amide bonds. The lowest BCUT2D eigenvalue weighted by atomic mass is 10.2. The Hall–Kier alpha value is -2.93. The van der Waals surface area contributed by atoms with E-state index in [1.165, 1.54) is 16.9 Å². The number of aromatic nitrogens is 2. The Labute approximate surface area is 174 Å². The lowest BCUT2D eigenvalue weighted by molar-refractivity contribution is 0.0750. The van der Waals surface area contributed by atoms with Gasteiger partial charge in [-0.25, -0.2) is 9.97 Å². The predicted octanol–water partition coefficient (Wildman–Crippen LogP) is 3.70. The van der Waals surface area contributed by atoms with Crippen molar-refractivity contribution in [3.05, 3.63) is 69.8 Å². The number of thiazole rings is 1. The van der Waals surface area contributed by atoms with Gasteiger partial charge in [-0.15, -0.1) is 11.3 Å². The van der Waals surface area contributed by atoms with Crippen molar-refractivity contribution in [2.24, 2.45) is 0 Å². The third kappa shape index (κ3) is 4.56. The second-order valence-corrected chi connectivity index (χ2v) is 8.17. The first kappa shape index (κ1) is 19.4. The van der Waals surface area contributed by atoms with Crippen LogP contribution in [0.15, 0.2) is 48.7 Å². The highest BCUT2D eigenvalue weighted by Crippen LogP contribution is 2.23. The molecule has 0 aliphatic carbocycles. The maximum atomic E-state index is 13.0. The van der Waals surface area contributed by atoms with Gasteiger partial charge in [0.15, 0.2) is 0 Å². The molecule has 0 radical (unpaired) electrons. The minimum Gasteiger partial charge on any atom is -0.486 e. The molecule has 0 atom stereocenters. The first-order chi connectivity index (χ1) is 14.1. The van der Waals surface area contributed by atoms with Crippen LogP contribution in [0.25, 0.3) is 0 Å². The van der Waals surface area contributed by atoms with Gasteiger partial charge >= 0.3 is 0 Å². The third-order valence-electron chi connectivity index (χ3n) is 4.96. The number of carbonyl (C=O) groups excluding carboxylic acids is 1. The van der Waals surface area contributed by atoms with E-state index in [0.717, 1.165) is 35.4 Å². The summed E-state index contributed by atoms with van der Waals surface area (Å²) in [5.74, 6) is 1.83. The number of pyridine rings is 1. The Bertz CT molecular complexity index is 964. The number of anilines is 1. The predicted molar refractivity (Wildman–Crippen MR) is 115 cm³/mol. The zero-order valence-electron chi connectivity index (χ0n) is 16.7. The molecule has 29 heavy (non-hydrogen) atoms. The average Bonchev–Trinajstić information content (AvgIpc) is 3.14. The number of hydrogen-bond acceptors (Lipinski definition) is 6. The molecule has 0 saturated carbocycles. The van der Waals surface area contributed by atoms with E-state index in [1.807, 2.05) is 61.2 Å². The molecule has 0 N–H and O–H groups in total. The monoisotopic (exact) mass is 408 g/mol. The average molecular weight is 409 g/mol. The Morgan fingerprint density at radius 1 is 1.07 bits per heavy atom. The van der Waals surface area contributed by atoms with Crippen LogP contribution in [0.5, 0.6) is 5.75 Å². The van der Waals surface area contributed by atoms with Gasteiger partial charge in [-0.2, -0.15) is 0 Å². The second kappa shape index (κ2) is 8.61. The molecule has 1 aromatic carbocycles.